The van der Waals surface area contributed by atoms with E-state index in [0.29, 0.717) is 25.7 Å². The molecule has 1 amide bonds. The first kappa shape index (κ1) is 23.3. The van der Waals surface area contributed by atoms with E-state index in [1.54, 1.807) is 4.90 Å². The van der Waals surface area contributed by atoms with Crippen molar-refractivity contribution in [3.8, 4) is 0 Å². The number of hydrogen-bond donors (Lipinski definition) is 2. The Labute approximate surface area is 190 Å². The van der Waals surface area contributed by atoms with Gasteiger partial charge in [-0.05, 0) is 37.5 Å². The van der Waals surface area contributed by atoms with Crippen LogP contribution in [0.25, 0.3) is 0 Å². The van der Waals surface area contributed by atoms with Gasteiger partial charge in [0.1, 0.15) is 0 Å². The normalized spacial score (nSPS) is 17.1. The summed E-state index contributed by atoms with van der Waals surface area (Å²) >= 11 is 0. The van der Waals surface area contributed by atoms with Gasteiger partial charge in [-0.1, -0.05) is 24.3 Å². The Bertz CT molecular complexity index is 692. The van der Waals surface area contributed by atoms with E-state index in [1.807, 2.05) is 0 Å². The first-order valence-corrected chi connectivity index (χ1v) is 10.1. The minimum absolute atomic E-state index is 0. The van der Waals surface area contributed by atoms with Crippen molar-refractivity contribution in [2.24, 2.45) is 4.99 Å². The fourth-order valence-electron chi connectivity index (χ4n) is 3.52. The molecular formula is C21H32IN5O2. The SMILES string of the molecule is CCNC(=NCc1ccc(N2CC=CC2)cc1)NC1CCN(C(=O)OC)CC1.I. The molecule has 0 radical (unpaired) electrons. The molecule has 1 saturated heterocycles. The second-order valence-electron chi connectivity index (χ2n) is 7.11. The third kappa shape index (κ3) is 6.80. The molecule has 0 aromatic heterocycles. The highest BCUT2D eigenvalue weighted by Gasteiger charge is 2.23. The highest BCUT2D eigenvalue weighted by Crippen LogP contribution is 2.18. The fourth-order valence-corrected chi connectivity index (χ4v) is 3.52. The molecule has 1 aromatic carbocycles. The molecule has 2 aliphatic rings. The molecule has 29 heavy (non-hydrogen) atoms. The number of hydrogen-bond acceptors (Lipinski definition) is 4. The van der Waals surface area contributed by atoms with Crippen molar-refractivity contribution in [3.05, 3.63) is 42.0 Å². The van der Waals surface area contributed by atoms with E-state index in [4.69, 9.17) is 9.73 Å². The van der Waals surface area contributed by atoms with Gasteiger partial charge in [0.15, 0.2) is 5.96 Å². The van der Waals surface area contributed by atoms with Crippen molar-refractivity contribution in [2.45, 2.75) is 32.4 Å². The lowest BCUT2D eigenvalue weighted by molar-refractivity contribution is 0.111. The zero-order valence-electron chi connectivity index (χ0n) is 17.3. The summed E-state index contributed by atoms with van der Waals surface area (Å²) in [5.74, 6) is 0.826. The monoisotopic (exact) mass is 513 g/mol. The van der Waals surface area contributed by atoms with Crippen molar-refractivity contribution in [3.63, 3.8) is 0 Å². The van der Waals surface area contributed by atoms with Crippen LogP contribution in [0.5, 0.6) is 0 Å². The molecule has 2 N–H and O–H groups in total. The zero-order valence-corrected chi connectivity index (χ0v) is 19.6. The molecule has 3 rings (SSSR count). The number of methoxy groups -OCH3 is 1. The average molecular weight is 513 g/mol. The van der Waals surface area contributed by atoms with E-state index in [1.165, 1.54) is 18.4 Å². The third-order valence-corrected chi connectivity index (χ3v) is 5.15. The molecule has 2 heterocycles. The Balaban J connectivity index is 0.00000300. The van der Waals surface area contributed by atoms with Gasteiger partial charge < -0.3 is 25.2 Å². The van der Waals surface area contributed by atoms with Crippen molar-refractivity contribution < 1.29 is 9.53 Å². The van der Waals surface area contributed by atoms with Crippen LogP contribution in [0.1, 0.15) is 25.3 Å². The highest BCUT2D eigenvalue weighted by molar-refractivity contribution is 14.0. The van der Waals surface area contributed by atoms with E-state index in [0.717, 1.165) is 38.4 Å². The maximum absolute atomic E-state index is 11.6. The van der Waals surface area contributed by atoms with Crippen LogP contribution in [0.15, 0.2) is 41.4 Å². The van der Waals surface area contributed by atoms with Crippen LogP contribution in [-0.4, -0.2) is 62.8 Å². The number of carbonyl (C=O) groups is 1. The molecule has 0 spiro atoms. The maximum Gasteiger partial charge on any atom is 0.409 e. The number of amides is 1. The van der Waals surface area contributed by atoms with E-state index >= 15 is 0 Å². The molecule has 1 aromatic rings. The van der Waals surface area contributed by atoms with E-state index < -0.39 is 0 Å². The number of piperidine rings is 1. The number of ether oxygens (including phenoxy) is 1. The quantitative estimate of drug-likeness (QED) is 0.274. The number of likely N-dealkylation sites (tertiary alicyclic amines) is 1. The molecule has 0 unspecified atom stereocenters. The summed E-state index contributed by atoms with van der Waals surface area (Å²) in [7, 11) is 1.43. The number of guanidine groups is 1. The Kier molecular flexibility index (Phi) is 9.56. The molecule has 2 aliphatic heterocycles. The van der Waals surface area contributed by atoms with Crippen LogP contribution >= 0.6 is 24.0 Å². The predicted octanol–water partition coefficient (Wildman–Crippen LogP) is 2.97. The number of nitrogens with one attached hydrogen (secondary N) is 2. The van der Waals surface area contributed by atoms with Crippen LogP contribution in [0.3, 0.4) is 0 Å². The molecule has 0 atom stereocenters. The number of nitrogens with zero attached hydrogens (tertiary/aromatic N) is 3. The molecule has 0 bridgehead atoms. The molecular weight excluding hydrogens is 481 g/mol. The molecule has 1 fully saturated rings. The van der Waals surface area contributed by atoms with Gasteiger partial charge in [0, 0.05) is 44.5 Å². The summed E-state index contributed by atoms with van der Waals surface area (Å²) in [5.41, 5.74) is 2.44. The molecule has 0 aliphatic carbocycles. The van der Waals surface area contributed by atoms with Gasteiger partial charge in [0.25, 0.3) is 0 Å². The topological polar surface area (TPSA) is 69.2 Å². The average Bonchev–Trinajstić information content (AvgIpc) is 3.27. The van der Waals surface area contributed by atoms with Gasteiger partial charge in [-0.25, -0.2) is 9.79 Å². The number of anilines is 1. The van der Waals surface area contributed by atoms with E-state index in [-0.39, 0.29) is 30.1 Å². The first-order chi connectivity index (χ1) is 13.7. The van der Waals surface area contributed by atoms with Gasteiger partial charge in [-0.3, -0.25) is 0 Å². The minimum Gasteiger partial charge on any atom is -0.453 e. The van der Waals surface area contributed by atoms with Crippen molar-refractivity contribution >= 4 is 41.7 Å². The van der Waals surface area contributed by atoms with Crippen LogP contribution in [0, 0.1) is 0 Å². The Morgan fingerprint density at radius 2 is 1.83 bits per heavy atom. The van der Waals surface area contributed by atoms with E-state index in [2.05, 4.69) is 58.9 Å². The zero-order chi connectivity index (χ0) is 19.8. The Morgan fingerprint density at radius 3 is 2.41 bits per heavy atom. The minimum atomic E-state index is -0.243. The number of aliphatic imine (C=N–C) groups is 1. The number of benzene rings is 1. The summed E-state index contributed by atoms with van der Waals surface area (Å²) in [6.07, 6.45) is 5.92. The Hall–Kier alpha value is -1.97. The molecule has 0 saturated carbocycles. The largest absolute Gasteiger partial charge is 0.453 e. The highest BCUT2D eigenvalue weighted by atomic mass is 127. The summed E-state index contributed by atoms with van der Waals surface area (Å²) in [4.78, 5) is 20.4. The van der Waals surface area contributed by atoms with Crippen LogP contribution in [0.2, 0.25) is 0 Å². The standard InChI is InChI=1S/C21H31N5O2.HI/c1-3-22-20(24-18-10-14-26(15-11-18)21(27)28-2)23-16-17-6-8-19(9-7-17)25-12-4-5-13-25;/h4-9,18H,3,10-16H2,1-2H3,(H2,22,23,24);1H. The van der Waals surface area contributed by atoms with Crippen LogP contribution in [0.4, 0.5) is 10.5 Å². The lowest BCUT2D eigenvalue weighted by Gasteiger charge is -2.32. The second-order valence-corrected chi connectivity index (χ2v) is 7.11. The molecule has 160 valence electrons. The summed E-state index contributed by atoms with van der Waals surface area (Å²) in [6.45, 7) is 6.90. The first-order valence-electron chi connectivity index (χ1n) is 10.1. The summed E-state index contributed by atoms with van der Waals surface area (Å²) in [5, 5.41) is 6.82. The van der Waals surface area contributed by atoms with Crippen LogP contribution in [-0.2, 0) is 11.3 Å². The van der Waals surface area contributed by atoms with Crippen molar-refractivity contribution in [2.75, 3.05) is 44.7 Å². The van der Waals surface area contributed by atoms with E-state index in [9.17, 15) is 4.79 Å². The smallest absolute Gasteiger partial charge is 0.409 e. The van der Waals surface area contributed by atoms with Crippen molar-refractivity contribution in [1.29, 1.82) is 0 Å². The number of rotatable bonds is 5. The van der Waals surface area contributed by atoms with Gasteiger partial charge in [0.05, 0.1) is 13.7 Å². The predicted molar refractivity (Wildman–Crippen MR) is 128 cm³/mol. The fraction of sp³-hybridized carbons (Fsp3) is 0.524. The molecule has 8 heteroatoms. The summed E-state index contributed by atoms with van der Waals surface area (Å²) < 4.78 is 4.80. The third-order valence-electron chi connectivity index (χ3n) is 5.15. The van der Waals surface area contributed by atoms with Gasteiger partial charge >= 0.3 is 6.09 Å². The van der Waals surface area contributed by atoms with Gasteiger partial charge in [-0.15, -0.1) is 24.0 Å². The lowest BCUT2D eigenvalue weighted by atomic mass is 10.1. The Morgan fingerprint density at radius 1 is 1.17 bits per heavy atom. The van der Waals surface area contributed by atoms with Crippen molar-refractivity contribution in [1.82, 2.24) is 15.5 Å². The maximum atomic E-state index is 11.6. The van der Waals surface area contributed by atoms with Gasteiger partial charge in [-0.2, -0.15) is 0 Å². The second kappa shape index (κ2) is 11.9. The number of halogens is 1. The summed E-state index contributed by atoms with van der Waals surface area (Å²) in [6, 6.07) is 8.94. The van der Waals surface area contributed by atoms with Crippen LogP contribution < -0.4 is 15.5 Å². The van der Waals surface area contributed by atoms with Gasteiger partial charge in [0.2, 0.25) is 0 Å². The molecule has 7 nitrogen and oxygen atoms in total. The number of carbonyl (C=O) groups excluding carboxylic acids is 1. The lowest BCUT2D eigenvalue weighted by Crippen LogP contribution is -2.49.